The summed E-state index contributed by atoms with van der Waals surface area (Å²) in [5, 5.41) is 14.4. The summed E-state index contributed by atoms with van der Waals surface area (Å²) in [6, 6.07) is 9.82. The van der Waals surface area contributed by atoms with Gasteiger partial charge < -0.3 is 9.30 Å². The number of nitrogens with zero attached hydrogens (tertiary/aromatic N) is 4. The topological polar surface area (TPSA) is 113 Å². The maximum atomic E-state index is 11.2. The van der Waals surface area contributed by atoms with Crippen LogP contribution in [0.2, 0.25) is 0 Å². The van der Waals surface area contributed by atoms with Crippen LogP contribution in [0.5, 0.6) is 5.75 Å². The fourth-order valence-corrected chi connectivity index (χ4v) is 3.75. The molecule has 0 saturated carbocycles. The van der Waals surface area contributed by atoms with Crippen molar-refractivity contribution in [3.8, 4) is 17.1 Å². The summed E-state index contributed by atoms with van der Waals surface area (Å²) in [6.07, 6.45) is 3.46. The molecule has 1 aromatic carbocycles. The zero-order chi connectivity index (χ0) is 19.3. The van der Waals surface area contributed by atoms with Gasteiger partial charge in [-0.3, -0.25) is 4.98 Å². The van der Waals surface area contributed by atoms with Gasteiger partial charge >= 0.3 is 0 Å². The van der Waals surface area contributed by atoms with Crippen LogP contribution in [-0.4, -0.2) is 40.5 Å². The molecule has 27 heavy (non-hydrogen) atoms. The van der Waals surface area contributed by atoms with Crippen molar-refractivity contribution < 1.29 is 13.2 Å². The molecule has 0 amide bonds. The summed E-state index contributed by atoms with van der Waals surface area (Å²) < 4.78 is 30.2. The molecular formula is C17H19N5O3S2. The van der Waals surface area contributed by atoms with Gasteiger partial charge in [0.15, 0.2) is 11.0 Å². The zero-order valence-corrected chi connectivity index (χ0v) is 16.3. The molecule has 0 bridgehead atoms. The molecule has 10 heteroatoms. The molecule has 0 aliphatic rings. The molecule has 0 fully saturated rings. The Morgan fingerprint density at radius 3 is 2.44 bits per heavy atom. The monoisotopic (exact) mass is 405 g/mol. The van der Waals surface area contributed by atoms with Crippen LogP contribution in [0.1, 0.15) is 6.92 Å². The van der Waals surface area contributed by atoms with E-state index in [0.29, 0.717) is 18.1 Å². The van der Waals surface area contributed by atoms with Gasteiger partial charge in [0.2, 0.25) is 10.0 Å². The fourth-order valence-electron chi connectivity index (χ4n) is 2.41. The minimum absolute atomic E-state index is 0.0592. The number of sulfonamides is 1. The summed E-state index contributed by atoms with van der Waals surface area (Å²) >= 11 is 1.55. The SMILES string of the molecule is CCn1c(SCCOc2ccc(S(N)(=O)=O)cc2)nnc1-c1ccncc1. The van der Waals surface area contributed by atoms with Crippen molar-refractivity contribution in [3.63, 3.8) is 0 Å². The first-order chi connectivity index (χ1) is 13.0. The standard InChI is InChI=1S/C17H19N5O3S2/c1-2-22-16(13-7-9-19-10-8-13)20-21-17(22)26-12-11-25-14-3-5-15(6-4-14)27(18,23)24/h3-10H,2,11-12H2,1H3,(H2,18,23,24). The van der Waals surface area contributed by atoms with Crippen molar-refractivity contribution in [1.82, 2.24) is 19.7 Å². The van der Waals surface area contributed by atoms with E-state index < -0.39 is 10.0 Å². The molecule has 0 saturated heterocycles. The highest BCUT2D eigenvalue weighted by Crippen LogP contribution is 2.23. The lowest BCUT2D eigenvalue weighted by Crippen LogP contribution is -2.11. The molecule has 0 spiro atoms. The Kier molecular flexibility index (Phi) is 6.09. The lowest BCUT2D eigenvalue weighted by molar-refractivity contribution is 0.343. The van der Waals surface area contributed by atoms with Gasteiger partial charge in [-0.1, -0.05) is 11.8 Å². The molecular weight excluding hydrogens is 386 g/mol. The van der Waals surface area contributed by atoms with Crippen LogP contribution < -0.4 is 9.88 Å². The summed E-state index contributed by atoms with van der Waals surface area (Å²) in [7, 11) is -3.69. The molecule has 0 aliphatic carbocycles. The maximum absolute atomic E-state index is 11.2. The molecule has 0 aliphatic heterocycles. The highest BCUT2D eigenvalue weighted by atomic mass is 32.2. The number of ether oxygens (including phenoxy) is 1. The number of pyridine rings is 1. The number of rotatable bonds is 8. The fraction of sp³-hybridized carbons (Fsp3) is 0.235. The van der Waals surface area contributed by atoms with Gasteiger partial charge in [-0.05, 0) is 43.3 Å². The Hall–Kier alpha value is -2.43. The lowest BCUT2D eigenvalue weighted by Gasteiger charge is -2.08. The molecule has 0 unspecified atom stereocenters. The van der Waals surface area contributed by atoms with Crippen molar-refractivity contribution in [3.05, 3.63) is 48.8 Å². The Morgan fingerprint density at radius 1 is 1.11 bits per heavy atom. The van der Waals surface area contributed by atoms with Crippen molar-refractivity contribution in [1.29, 1.82) is 0 Å². The second-order valence-electron chi connectivity index (χ2n) is 5.50. The Morgan fingerprint density at radius 2 is 1.81 bits per heavy atom. The maximum Gasteiger partial charge on any atom is 0.238 e. The van der Waals surface area contributed by atoms with E-state index in [4.69, 9.17) is 9.88 Å². The molecule has 2 aromatic heterocycles. The van der Waals surface area contributed by atoms with E-state index in [1.807, 2.05) is 23.6 Å². The second-order valence-corrected chi connectivity index (χ2v) is 8.12. The van der Waals surface area contributed by atoms with Gasteiger partial charge in [0.05, 0.1) is 11.5 Å². The van der Waals surface area contributed by atoms with E-state index in [2.05, 4.69) is 15.2 Å². The third-order valence-electron chi connectivity index (χ3n) is 3.71. The summed E-state index contributed by atoms with van der Waals surface area (Å²) in [5.41, 5.74) is 0.970. The van der Waals surface area contributed by atoms with Crippen LogP contribution in [0, 0.1) is 0 Å². The van der Waals surface area contributed by atoms with Crippen LogP contribution in [-0.2, 0) is 16.6 Å². The lowest BCUT2D eigenvalue weighted by atomic mass is 10.2. The summed E-state index contributed by atoms with van der Waals surface area (Å²) in [4.78, 5) is 4.08. The number of nitrogens with two attached hydrogens (primary N) is 1. The molecule has 0 radical (unpaired) electrons. The third kappa shape index (κ3) is 4.85. The van der Waals surface area contributed by atoms with E-state index in [1.165, 1.54) is 12.1 Å². The largest absolute Gasteiger partial charge is 0.493 e. The number of aromatic nitrogens is 4. The number of hydrogen-bond donors (Lipinski definition) is 1. The first kappa shape index (κ1) is 19.3. The van der Waals surface area contributed by atoms with E-state index in [0.717, 1.165) is 23.1 Å². The molecule has 142 valence electrons. The first-order valence-electron chi connectivity index (χ1n) is 8.21. The van der Waals surface area contributed by atoms with Crippen LogP contribution in [0.3, 0.4) is 0 Å². The first-order valence-corrected chi connectivity index (χ1v) is 10.7. The normalized spacial score (nSPS) is 11.5. The molecule has 2 N–H and O–H groups in total. The minimum Gasteiger partial charge on any atom is -0.493 e. The average Bonchev–Trinajstić information content (AvgIpc) is 3.08. The number of hydrogen-bond acceptors (Lipinski definition) is 7. The summed E-state index contributed by atoms with van der Waals surface area (Å²) in [6.45, 7) is 3.24. The molecule has 8 nitrogen and oxygen atoms in total. The number of primary sulfonamides is 1. The molecule has 0 atom stereocenters. The van der Waals surface area contributed by atoms with Crippen LogP contribution in [0.25, 0.3) is 11.4 Å². The van der Waals surface area contributed by atoms with Gasteiger partial charge in [0.1, 0.15) is 5.75 Å². The highest BCUT2D eigenvalue weighted by Gasteiger charge is 2.13. The van der Waals surface area contributed by atoms with Crippen LogP contribution in [0.15, 0.2) is 58.8 Å². The molecule has 3 aromatic rings. The van der Waals surface area contributed by atoms with Crippen LogP contribution >= 0.6 is 11.8 Å². The molecule has 2 heterocycles. The van der Waals surface area contributed by atoms with E-state index in [-0.39, 0.29) is 4.90 Å². The molecule has 3 rings (SSSR count). The predicted octanol–water partition coefficient (Wildman–Crippen LogP) is 2.18. The van der Waals surface area contributed by atoms with Crippen molar-refractivity contribution >= 4 is 21.8 Å². The van der Waals surface area contributed by atoms with Gasteiger partial charge in [-0.25, -0.2) is 13.6 Å². The van der Waals surface area contributed by atoms with E-state index in [1.54, 1.807) is 36.3 Å². The van der Waals surface area contributed by atoms with Gasteiger partial charge in [-0.15, -0.1) is 10.2 Å². The zero-order valence-electron chi connectivity index (χ0n) is 14.6. The van der Waals surface area contributed by atoms with Gasteiger partial charge in [-0.2, -0.15) is 0 Å². The number of thioether (sulfide) groups is 1. The Bertz CT molecular complexity index is 989. The average molecular weight is 406 g/mol. The summed E-state index contributed by atoms with van der Waals surface area (Å²) in [5.74, 6) is 2.06. The van der Waals surface area contributed by atoms with Gasteiger partial charge in [0, 0.05) is 30.3 Å². The van der Waals surface area contributed by atoms with Crippen molar-refractivity contribution in [2.75, 3.05) is 12.4 Å². The van der Waals surface area contributed by atoms with Crippen molar-refractivity contribution in [2.24, 2.45) is 5.14 Å². The van der Waals surface area contributed by atoms with Crippen molar-refractivity contribution in [2.45, 2.75) is 23.5 Å². The van der Waals surface area contributed by atoms with Gasteiger partial charge in [0.25, 0.3) is 0 Å². The minimum atomic E-state index is -3.69. The highest BCUT2D eigenvalue weighted by molar-refractivity contribution is 7.99. The predicted molar refractivity (Wildman–Crippen MR) is 103 cm³/mol. The Labute approximate surface area is 161 Å². The number of benzene rings is 1. The third-order valence-corrected chi connectivity index (χ3v) is 5.57. The Balaban J connectivity index is 1.57. The quantitative estimate of drug-likeness (QED) is 0.451. The second kappa shape index (κ2) is 8.51. The van der Waals surface area contributed by atoms with Crippen LogP contribution in [0.4, 0.5) is 0 Å². The van der Waals surface area contributed by atoms with E-state index >= 15 is 0 Å². The smallest absolute Gasteiger partial charge is 0.238 e. The van der Waals surface area contributed by atoms with E-state index in [9.17, 15) is 8.42 Å².